The average Bonchev–Trinajstić information content (AvgIpc) is 3.17. The van der Waals surface area contributed by atoms with Gasteiger partial charge in [-0.2, -0.15) is 0 Å². The zero-order chi connectivity index (χ0) is 16.6. The van der Waals surface area contributed by atoms with Crippen molar-refractivity contribution in [2.24, 2.45) is 0 Å². The van der Waals surface area contributed by atoms with Crippen LogP contribution in [-0.4, -0.2) is 9.97 Å². The van der Waals surface area contributed by atoms with Gasteiger partial charge >= 0.3 is 0 Å². The van der Waals surface area contributed by atoms with Crippen molar-refractivity contribution in [3.05, 3.63) is 90.3 Å². The van der Waals surface area contributed by atoms with Crippen molar-refractivity contribution in [3.8, 4) is 0 Å². The lowest BCUT2D eigenvalue weighted by Crippen LogP contribution is -2.02. The molecule has 0 N–H and O–H groups in total. The fourth-order valence-corrected chi connectivity index (χ4v) is 3.80. The van der Waals surface area contributed by atoms with Crippen LogP contribution in [-0.2, 0) is 0 Å². The molecule has 0 saturated heterocycles. The second-order valence-electron chi connectivity index (χ2n) is 6.61. The zero-order valence-electron chi connectivity index (χ0n) is 13.9. The molecule has 2 aromatic carbocycles. The molecule has 0 aliphatic heterocycles. The summed E-state index contributed by atoms with van der Waals surface area (Å²) in [5.41, 5.74) is 5.66. The highest BCUT2D eigenvalue weighted by molar-refractivity contribution is 5.83. The summed E-state index contributed by atoms with van der Waals surface area (Å²) in [5, 5.41) is 2.38. The van der Waals surface area contributed by atoms with Gasteiger partial charge in [-0.15, -0.1) is 0 Å². The third kappa shape index (κ3) is 2.51. The molecule has 2 aromatic heterocycles. The van der Waals surface area contributed by atoms with Crippen molar-refractivity contribution in [2.75, 3.05) is 0 Å². The highest BCUT2D eigenvalue weighted by Gasteiger charge is 2.24. The van der Waals surface area contributed by atoms with Crippen LogP contribution in [0, 0.1) is 0 Å². The van der Waals surface area contributed by atoms with Crippen LogP contribution in [0.1, 0.15) is 30.1 Å². The number of hydrogen-bond donors (Lipinski definition) is 0. The molecular weight excluding hydrogens is 304 g/mol. The van der Waals surface area contributed by atoms with Gasteiger partial charge in [-0.3, -0.25) is 4.98 Å². The van der Waals surface area contributed by atoms with Crippen LogP contribution in [0.2, 0.25) is 0 Å². The van der Waals surface area contributed by atoms with E-state index in [0.29, 0.717) is 5.92 Å². The monoisotopic (exact) mass is 322 g/mol. The summed E-state index contributed by atoms with van der Waals surface area (Å²) >= 11 is 0. The number of aromatic nitrogens is 2. The molecule has 0 amide bonds. The molecule has 2 nitrogen and oxygen atoms in total. The summed E-state index contributed by atoms with van der Waals surface area (Å²) in [5.74, 6) is 0.332. The van der Waals surface area contributed by atoms with Crippen molar-refractivity contribution in [1.82, 2.24) is 9.97 Å². The number of benzene rings is 2. The van der Waals surface area contributed by atoms with Crippen LogP contribution in [0.3, 0.4) is 0 Å². The zero-order valence-corrected chi connectivity index (χ0v) is 13.9. The van der Waals surface area contributed by atoms with Crippen LogP contribution in [0.25, 0.3) is 27.4 Å². The van der Waals surface area contributed by atoms with Gasteiger partial charge in [0.25, 0.3) is 0 Å². The fourth-order valence-electron chi connectivity index (χ4n) is 3.80. The van der Waals surface area contributed by atoms with Gasteiger partial charge in [-0.25, -0.2) is 4.98 Å². The maximum Gasteiger partial charge on any atom is 0.0709 e. The number of hydrogen-bond acceptors (Lipinski definition) is 2. The SMILES string of the molecule is C1=C(c2ccc3ccccc3n2)C(c2ccc3ccccc3n2)CC1. The van der Waals surface area contributed by atoms with Gasteiger partial charge in [-0.05, 0) is 42.7 Å². The standard InChI is InChI=1S/C23H18N2/c1-3-10-20-16(6-1)12-14-22(24-20)18-8-5-9-19(18)23-15-13-17-7-2-4-11-21(17)25-23/h1-4,6-8,10-15,19H,5,9H2. The summed E-state index contributed by atoms with van der Waals surface area (Å²) < 4.78 is 0. The van der Waals surface area contributed by atoms with Crippen molar-refractivity contribution in [1.29, 1.82) is 0 Å². The van der Waals surface area contributed by atoms with Crippen molar-refractivity contribution < 1.29 is 0 Å². The number of nitrogens with zero attached hydrogens (tertiary/aromatic N) is 2. The lowest BCUT2D eigenvalue weighted by Gasteiger charge is -2.15. The molecule has 0 fully saturated rings. The molecule has 1 unspecified atom stereocenters. The summed E-state index contributed by atoms with van der Waals surface area (Å²) in [4.78, 5) is 9.83. The predicted molar refractivity (Wildman–Crippen MR) is 103 cm³/mol. The smallest absolute Gasteiger partial charge is 0.0709 e. The second kappa shape index (κ2) is 5.82. The van der Waals surface area contributed by atoms with Crippen LogP contribution < -0.4 is 0 Å². The average molecular weight is 322 g/mol. The first kappa shape index (κ1) is 14.4. The molecule has 1 atom stereocenters. The normalized spacial score (nSPS) is 17.1. The molecule has 1 aliphatic rings. The first-order chi connectivity index (χ1) is 12.4. The van der Waals surface area contributed by atoms with Crippen LogP contribution in [0.15, 0.2) is 78.9 Å². The highest BCUT2D eigenvalue weighted by atomic mass is 14.7. The molecule has 5 rings (SSSR count). The lowest BCUT2D eigenvalue weighted by atomic mass is 9.93. The van der Waals surface area contributed by atoms with Gasteiger partial charge in [0.05, 0.1) is 16.7 Å². The summed E-state index contributed by atoms with van der Waals surface area (Å²) in [6.45, 7) is 0. The third-order valence-electron chi connectivity index (χ3n) is 5.07. The fraction of sp³-hybridized carbons (Fsp3) is 0.130. The van der Waals surface area contributed by atoms with Gasteiger partial charge in [0, 0.05) is 22.4 Å². The summed E-state index contributed by atoms with van der Waals surface area (Å²) in [7, 11) is 0. The van der Waals surface area contributed by atoms with Crippen molar-refractivity contribution in [2.45, 2.75) is 18.8 Å². The molecule has 0 spiro atoms. The number of fused-ring (bicyclic) bond motifs is 2. The lowest BCUT2D eigenvalue weighted by molar-refractivity contribution is 0.786. The quantitative estimate of drug-likeness (QED) is 0.470. The Kier molecular flexibility index (Phi) is 3.34. The van der Waals surface area contributed by atoms with E-state index in [2.05, 4.69) is 72.8 Å². The molecule has 0 bridgehead atoms. The van der Waals surface area contributed by atoms with E-state index in [-0.39, 0.29) is 0 Å². The molecule has 2 heteroatoms. The van der Waals surface area contributed by atoms with E-state index in [1.165, 1.54) is 16.3 Å². The van der Waals surface area contributed by atoms with E-state index in [1.54, 1.807) is 0 Å². The highest BCUT2D eigenvalue weighted by Crippen LogP contribution is 2.40. The summed E-state index contributed by atoms with van der Waals surface area (Å²) in [6, 6.07) is 25.3. The Morgan fingerprint density at radius 2 is 1.36 bits per heavy atom. The molecule has 120 valence electrons. The Labute approximate surface area is 146 Å². The molecule has 0 radical (unpaired) electrons. The molecule has 25 heavy (non-hydrogen) atoms. The Morgan fingerprint density at radius 1 is 0.680 bits per heavy atom. The van der Waals surface area contributed by atoms with Crippen molar-refractivity contribution >= 4 is 27.4 Å². The molecular formula is C23H18N2. The first-order valence-electron chi connectivity index (χ1n) is 8.80. The van der Waals surface area contributed by atoms with E-state index in [1.807, 2.05) is 6.07 Å². The van der Waals surface area contributed by atoms with Crippen molar-refractivity contribution in [3.63, 3.8) is 0 Å². The van der Waals surface area contributed by atoms with Gasteiger partial charge < -0.3 is 0 Å². The topological polar surface area (TPSA) is 25.8 Å². The molecule has 1 aliphatic carbocycles. The van der Waals surface area contributed by atoms with E-state index in [9.17, 15) is 0 Å². The largest absolute Gasteiger partial charge is 0.252 e. The third-order valence-corrected chi connectivity index (χ3v) is 5.07. The summed E-state index contributed by atoms with van der Waals surface area (Å²) in [6.07, 6.45) is 4.52. The molecule has 2 heterocycles. The van der Waals surface area contributed by atoms with E-state index in [0.717, 1.165) is 35.3 Å². The van der Waals surface area contributed by atoms with E-state index < -0.39 is 0 Å². The number of para-hydroxylation sites is 2. The molecule has 0 saturated carbocycles. The Bertz CT molecular complexity index is 1110. The van der Waals surface area contributed by atoms with E-state index >= 15 is 0 Å². The minimum atomic E-state index is 0.332. The maximum absolute atomic E-state index is 4.93. The van der Waals surface area contributed by atoms with Crippen LogP contribution >= 0.6 is 0 Å². The number of allylic oxidation sites excluding steroid dienone is 2. The minimum Gasteiger partial charge on any atom is -0.252 e. The van der Waals surface area contributed by atoms with Gasteiger partial charge in [0.1, 0.15) is 0 Å². The van der Waals surface area contributed by atoms with Gasteiger partial charge in [0.2, 0.25) is 0 Å². The Balaban J connectivity index is 1.57. The Hall–Kier alpha value is -3.00. The first-order valence-corrected chi connectivity index (χ1v) is 8.80. The predicted octanol–water partition coefficient (Wildman–Crippen LogP) is 5.74. The minimum absolute atomic E-state index is 0.332. The maximum atomic E-state index is 4.93. The van der Waals surface area contributed by atoms with Gasteiger partial charge in [0.15, 0.2) is 0 Å². The van der Waals surface area contributed by atoms with Crippen LogP contribution in [0.5, 0.6) is 0 Å². The molecule has 4 aromatic rings. The number of rotatable bonds is 2. The second-order valence-corrected chi connectivity index (χ2v) is 6.61. The number of pyridine rings is 2. The van der Waals surface area contributed by atoms with E-state index in [4.69, 9.17) is 9.97 Å². The Morgan fingerprint density at radius 3 is 2.16 bits per heavy atom. The van der Waals surface area contributed by atoms with Crippen LogP contribution in [0.4, 0.5) is 0 Å². The van der Waals surface area contributed by atoms with Gasteiger partial charge in [-0.1, -0.05) is 54.6 Å².